The average Bonchev–Trinajstić information content (AvgIpc) is 2.74. The molecule has 3 aromatic rings. The number of carbonyl (C=O) groups is 1. The highest BCUT2D eigenvalue weighted by atomic mass is 35.6. The first-order valence-electron chi connectivity index (χ1n) is 8.99. The summed E-state index contributed by atoms with van der Waals surface area (Å²) in [5.41, 5.74) is 0. The number of halogens is 3. The molecule has 3 aromatic carbocycles. The zero-order valence-corrected chi connectivity index (χ0v) is 18.9. The third-order valence-corrected chi connectivity index (χ3v) is 9.33. The quantitative estimate of drug-likeness (QED) is 0.298. The summed E-state index contributed by atoms with van der Waals surface area (Å²) in [6, 6.07) is 30.1. The van der Waals surface area contributed by atoms with Crippen molar-refractivity contribution >= 4 is 68.9 Å². The Hall–Kier alpha value is -1.70. The van der Waals surface area contributed by atoms with Crippen LogP contribution in [0, 0.1) is 0 Å². The van der Waals surface area contributed by atoms with Gasteiger partial charge in [-0.05, 0) is 29.7 Å². The number of rotatable bonds is 5. The van der Waals surface area contributed by atoms with Crippen LogP contribution in [0.1, 0.15) is 6.92 Å². The Morgan fingerprint density at radius 2 is 1.10 bits per heavy atom. The Bertz CT molecular complexity index is 911. The fourth-order valence-electron chi connectivity index (χ4n) is 3.37. The standard InChI is InChI=1S/C23H20Cl3O2P/c1-18(22(27)28-17-23(24,25)26)29(19-11-5-2-6-12-19,20-13-7-3-8-14-20)21-15-9-4-10-16-21/h2-16H,17H2,1H3. The highest BCUT2D eigenvalue weighted by Crippen LogP contribution is 2.46. The predicted molar refractivity (Wildman–Crippen MR) is 127 cm³/mol. The van der Waals surface area contributed by atoms with Crippen LogP contribution in [0.25, 0.3) is 0 Å². The van der Waals surface area contributed by atoms with Gasteiger partial charge >= 0.3 is 5.97 Å². The predicted octanol–water partition coefficient (Wildman–Crippen LogP) is 5.09. The maximum Gasteiger partial charge on any atom is 0.334 e. The molecule has 6 heteroatoms. The minimum atomic E-state index is -2.47. The largest absolute Gasteiger partial charge is 0.458 e. The van der Waals surface area contributed by atoms with Crippen LogP contribution in [-0.2, 0) is 9.53 Å². The molecule has 0 radical (unpaired) electrons. The lowest BCUT2D eigenvalue weighted by molar-refractivity contribution is -0.135. The van der Waals surface area contributed by atoms with Crippen molar-refractivity contribution in [3.05, 3.63) is 91.0 Å². The number of hydrogen-bond donors (Lipinski definition) is 0. The molecule has 0 aliphatic rings. The molecule has 0 atom stereocenters. The SMILES string of the molecule is CC(C(=O)OCC(Cl)(Cl)Cl)=P(c1ccccc1)(c1ccccc1)c1ccccc1. The van der Waals surface area contributed by atoms with Gasteiger partial charge in [-0.3, -0.25) is 0 Å². The fraction of sp³-hybridized carbons (Fsp3) is 0.130. The van der Waals surface area contributed by atoms with Crippen LogP contribution >= 0.6 is 41.7 Å². The second kappa shape index (κ2) is 9.41. The molecule has 0 aliphatic carbocycles. The smallest absolute Gasteiger partial charge is 0.334 e. The monoisotopic (exact) mass is 464 g/mol. The molecule has 0 heterocycles. The lowest BCUT2D eigenvalue weighted by Gasteiger charge is -2.31. The topological polar surface area (TPSA) is 26.3 Å². The molecule has 0 saturated carbocycles. The van der Waals surface area contributed by atoms with Crippen molar-refractivity contribution in [2.24, 2.45) is 0 Å². The van der Waals surface area contributed by atoms with E-state index in [9.17, 15) is 4.79 Å². The van der Waals surface area contributed by atoms with Gasteiger partial charge < -0.3 is 4.74 Å². The molecule has 29 heavy (non-hydrogen) atoms. The van der Waals surface area contributed by atoms with Crippen LogP contribution in [0.15, 0.2) is 91.0 Å². The second-order valence-electron chi connectivity index (χ2n) is 6.45. The highest BCUT2D eigenvalue weighted by molar-refractivity contribution is 7.96. The Labute approximate surface area is 186 Å². The third kappa shape index (κ3) is 4.90. The van der Waals surface area contributed by atoms with E-state index in [2.05, 4.69) is 36.4 Å². The molecule has 0 unspecified atom stereocenters. The second-order valence-corrected chi connectivity index (χ2v) is 12.5. The van der Waals surface area contributed by atoms with Gasteiger partial charge in [-0.15, -0.1) is 0 Å². The number of benzene rings is 3. The van der Waals surface area contributed by atoms with Gasteiger partial charge in [-0.2, -0.15) is 0 Å². The van der Waals surface area contributed by atoms with Gasteiger partial charge in [-0.25, -0.2) is 4.79 Å². The molecule has 0 N–H and O–H groups in total. The molecular formula is C23H20Cl3O2P. The maximum atomic E-state index is 13.1. The molecule has 0 aliphatic heterocycles. The van der Waals surface area contributed by atoms with Crippen molar-refractivity contribution in [3.63, 3.8) is 0 Å². The van der Waals surface area contributed by atoms with Crippen molar-refractivity contribution < 1.29 is 9.53 Å². The zero-order chi connectivity index (χ0) is 20.9. The number of carbonyl (C=O) groups excluding carboxylic acids is 1. The van der Waals surface area contributed by atoms with Crippen LogP contribution in [0.3, 0.4) is 0 Å². The summed E-state index contributed by atoms with van der Waals surface area (Å²) < 4.78 is 3.73. The lowest BCUT2D eigenvalue weighted by Crippen LogP contribution is -2.33. The summed E-state index contributed by atoms with van der Waals surface area (Å²) >= 11 is 17.4. The maximum absolute atomic E-state index is 13.1. The minimum Gasteiger partial charge on any atom is -0.458 e. The van der Waals surface area contributed by atoms with Crippen molar-refractivity contribution in [2.45, 2.75) is 10.7 Å². The molecule has 0 bridgehead atoms. The van der Waals surface area contributed by atoms with Crippen LogP contribution in [0.4, 0.5) is 0 Å². The number of alkyl halides is 3. The van der Waals surface area contributed by atoms with Gasteiger partial charge in [0.25, 0.3) is 0 Å². The Morgan fingerprint density at radius 1 is 0.759 bits per heavy atom. The Kier molecular flexibility index (Phi) is 7.14. The normalized spacial score (nSPS) is 11.7. The van der Waals surface area contributed by atoms with Gasteiger partial charge in [0.05, 0.1) is 0 Å². The van der Waals surface area contributed by atoms with E-state index in [1.165, 1.54) is 0 Å². The number of hydrogen-bond acceptors (Lipinski definition) is 2. The van der Waals surface area contributed by atoms with E-state index in [0.717, 1.165) is 15.9 Å². The van der Waals surface area contributed by atoms with E-state index in [0.29, 0.717) is 5.29 Å². The van der Waals surface area contributed by atoms with Crippen molar-refractivity contribution in [1.29, 1.82) is 0 Å². The van der Waals surface area contributed by atoms with Gasteiger partial charge in [0.15, 0.2) is 0 Å². The first-order chi connectivity index (χ1) is 13.9. The van der Waals surface area contributed by atoms with E-state index in [4.69, 9.17) is 39.5 Å². The van der Waals surface area contributed by atoms with E-state index >= 15 is 0 Å². The van der Waals surface area contributed by atoms with Crippen molar-refractivity contribution in [1.82, 2.24) is 0 Å². The Morgan fingerprint density at radius 3 is 1.41 bits per heavy atom. The van der Waals surface area contributed by atoms with Crippen molar-refractivity contribution in [3.8, 4) is 0 Å². The third-order valence-electron chi connectivity index (χ3n) is 4.60. The number of ether oxygens (including phenoxy) is 1. The van der Waals surface area contributed by atoms with Crippen molar-refractivity contribution in [2.75, 3.05) is 6.61 Å². The number of esters is 1. The summed E-state index contributed by atoms with van der Waals surface area (Å²) in [7, 11) is 0. The lowest BCUT2D eigenvalue weighted by atomic mass is 10.4. The highest BCUT2D eigenvalue weighted by Gasteiger charge is 2.32. The van der Waals surface area contributed by atoms with E-state index in [-0.39, 0.29) is 6.61 Å². The van der Waals surface area contributed by atoms with Crippen LogP contribution < -0.4 is 15.9 Å². The molecule has 0 spiro atoms. The molecule has 0 fully saturated rings. The van der Waals surface area contributed by atoms with E-state index in [1.54, 1.807) is 0 Å². The van der Waals surface area contributed by atoms with Gasteiger partial charge in [-0.1, -0.05) is 126 Å². The average molecular weight is 466 g/mol. The van der Waals surface area contributed by atoms with Crippen LogP contribution in [0.2, 0.25) is 0 Å². The minimum absolute atomic E-state index is 0.313. The molecule has 150 valence electrons. The first-order valence-corrected chi connectivity index (χ1v) is 11.9. The summed E-state index contributed by atoms with van der Waals surface area (Å²) in [6.45, 7) is -0.962. The Balaban J connectivity index is 2.35. The summed E-state index contributed by atoms with van der Waals surface area (Å²) in [5, 5.41) is 3.76. The molecule has 0 amide bonds. The fourth-order valence-corrected chi connectivity index (χ4v) is 7.79. The summed E-state index contributed by atoms with van der Waals surface area (Å²) in [5.74, 6) is -0.471. The van der Waals surface area contributed by atoms with E-state index < -0.39 is 16.6 Å². The molecule has 3 rings (SSSR count). The molecule has 2 nitrogen and oxygen atoms in total. The molecule has 0 saturated heterocycles. The molecular weight excluding hydrogens is 446 g/mol. The summed E-state index contributed by atoms with van der Waals surface area (Å²) in [6.07, 6.45) is 0. The van der Waals surface area contributed by atoms with Gasteiger partial charge in [0.1, 0.15) is 6.61 Å². The molecule has 0 aromatic heterocycles. The van der Waals surface area contributed by atoms with Gasteiger partial charge in [0.2, 0.25) is 3.79 Å². The zero-order valence-electron chi connectivity index (χ0n) is 15.8. The van der Waals surface area contributed by atoms with E-state index in [1.807, 2.05) is 61.5 Å². The van der Waals surface area contributed by atoms with Gasteiger partial charge in [0, 0.05) is 5.29 Å². The van der Waals surface area contributed by atoms with Crippen LogP contribution in [0.5, 0.6) is 0 Å². The van der Waals surface area contributed by atoms with Crippen LogP contribution in [-0.4, -0.2) is 21.7 Å². The summed E-state index contributed by atoms with van der Waals surface area (Å²) in [4.78, 5) is 13.1. The first kappa shape index (κ1) is 22.0.